The Morgan fingerprint density at radius 1 is 1.25 bits per heavy atom. The molecule has 0 aliphatic carbocycles. The summed E-state index contributed by atoms with van der Waals surface area (Å²) >= 11 is 0. The molecular formula is C25H25N3O4. The second kappa shape index (κ2) is 7.10. The molecule has 2 N–H and O–H groups in total. The largest absolute Gasteiger partial charge is 0.460 e. The van der Waals surface area contributed by atoms with Crippen molar-refractivity contribution in [3.63, 3.8) is 0 Å². The maximum atomic E-state index is 13.5. The van der Waals surface area contributed by atoms with Crippen LogP contribution >= 0.6 is 0 Å². The summed E-state index contributed by atoms with van der Waals surface area (Å²) in [7, 11) is 0. The van der Waals surface area contributed by atoms with Crippen LogP contribution in [0.5, 0.6) is 0 Å². The van der Waals surface area contributed by atoms with Crippen molar-refractivity contribution in [1.29, 1.82) is 0 Å². The van der Waals surface area contributed by atoms with Crippen molar-refractivity contribution in [2.75, 3.05) is 6.54 Å². The fourth-order valence-electron chi connectivity index (χ4n) is 5.14. The summed E-state index contributed by atoms with van der Waals surface area (Å²) in [6, 6.07) is 8.03. The molecule has 5 rings (SSSR count). The average molecular weight is 431 g/mol. The van der Waals surface area contributed by atoms with Gasteiger partial charge in [0, 0.05) is 17.4 Å². The van der Waals surface area contributed by atoms with Gasteiger partial charge in [-0.05, 0) is 49.6 Å². The molecule has 2 aliphatic heterocycles. The Bertz CT molecular complexity index is 1390. The molecule has 0 saturated heterocycles. The van der Waals surface area contributed by atoms with Crippen LogP contribution in [0, 0.1) is 6.92 Å². The highest BCUT2D eigenvalue weighted by molar-refractivity contribution is 5.93. The standard InChI is InChI=1S/C25H25N3O4/c1-4-15-16-7-13(2)5-6-20(16)27-22-17(15)11-28-21(22)8-19-18(23(28)30)12-32-24(31)25(19,3)9-14(29)10-26/h5-8H,4,9-12,26H2,1-3H3. The minimum Gasteiger partial charge on any atom is -0.460 e. The molecular weight excluding hydrogens is 406 g/mol. The summed E-state index contributed by atoms with van der Waals surface area (Å²) in [6.07, 6.45) is 0.716. The molecule has 1 atom stereocenters. The van der Waals surface area contributed by atoms with Gasteiger partial charge in [0.2, 0.25) is 0 Å². The molecule has 0 fully saturated rings. The summed E-state index contributed by atoms with van der Waals surface area (Å²) in [4.78, 5) is 43.4. The number of fused-ring (bicyclic) bond motifs is 5. The quantitative estimate of drug-likeness (QED) is 0.498. The number of cyclic esters (lactones) is 1. The fourth-order valence-corrected chi connectivity index (χ4v) is 5.14. The number of carbonyl (C=O) groups is 2. The molecule has 2 aliphatic rings. The van der Waals surface area contributed by atoms with Crippen LogP contribution in [0.25, 0.3) is 22.3 Å². The van der Waals surface area contributed by atoms with E-state index in [1.807, 2.05) is 18.2 Å². The SMILES string of the molecule is CCc1c2c(nc3ccc(C)cc13)-c1cc3c(c(=O)n1C2)COC(=O)C3(C)CC(=O)CN. The van der Waals surface area contributed by atoms with Gasteiger partial charge in [-0.15, -0.1) is 0 Å². The van der Waals surface area contributed by atoms with Gasteiger partial charge in [0.1, 0.15) is 12.4 Å². The van der Waals surface area contributed by atoms with E-state index in [2.05, 4.69) is 19.9 Å². The van der Waals surface area contributed by atoms with Crippen molar-refractivity contribution >= 4 is 22.7 Å². The fraction of sp³-hybridized carbons (Fsp3) is 0.360. The van der Waals surface area contributed by atoms with Crippen LogP contribution in [0.2, 0.25) is 0 Å². The third-order valence-corrected chi connectivity index (χ3v) is 6.84. The number of hydrogen-bond acceptors (Lipinski definition) is 6. The molecule has 0 saturated carbocycles. The topological polar surface area (TPSA) is 104 Å². The number of hydrogen-bond donors (Lipinski definition) is 1. The van der Waals surface area contributed by atoms with Crippen LogP contribution in [0.3, 0.4) is 0 Å². The Morgan fingerprint density at radius 3 is 2.75 bits per heavy atom. The number of nitrogens with two attached hydrogens (primary N) is 1. The van der Waals surface area contributed by atoms with Crippen molar-refractivity contribution in [3.05, 3.63) is 62.4 Å². The maximum Gasteiger partial charge on any atom is 0.317 e. The molecule has 4 heterocycles. The summed E-state index contributed by atoms with van der Waals surface area (Å²) in [6.45, 7) is 5.99. The molecule has 164 valence electrons. The number of pyridine rings is 2. The lowest BCUT2D eigenvalue weighted by molar-refractivity contribution is -0.155. The van der Waals surface area contributed by atoms with Crippen molar-refractivity contribution in [2.24, 2.45) is 5.73 Å². The maximum absolute atomic E-state index is 13.5. The predicted molar refractivity (Wildman–Crippen MR) is 120 cm³/mol. The first kappa shape index (κ1) is 20.6. The van der Waals surface area contributed by atoms with Crippen LogP contribution in [-0.4, -0.2) is 27.8 Å². The third-order valence-electron chi connectivity index (χ3n) is 6.84. The Kier molecular flexibility index (Phi) is 4.57. The molecule has 0 radical (unpaired) electrons. The molecule has 0 bridgehead atoms. The number of ether oxygens (including phenoxy) is 1. The van der Waals surface area contributed by atoms with E-state index in [4.69, 9.17) is 15.5 Å². The van der Waals surface area contributed by atoms with E-state index in [1.54, 1.807) is 11.5 Å². The number of esters is 1. The third kappa shape index (κ3) is 2.77. The van der Waals surface area contributed by atoms with Gasteiger partial charge >= 0.3 is 5.97 Å². The molecule has 2 aromatic heterocycles. The lowest BCUT2D eigenvalue weighted by Gasteiger charge is -2.33. The molecule has 0 spiro atoms. The summed E-state index contributed by atoms with van der Waals surface area (Å²) in [5.41, 5.74) is 10.8. The zero-order chi connectivity index (χ0) is 22.8. The normalized spacial score (nSPS) is 18.8. The summed E-state index contributed by atoms with van der Waals surface area (Å²) < 4.78 is 7.06. The van der Waals surface area contributed by atoms with Crippen molar-refractivity contribution in [2.45, 2.75) is 52.2 Å². The molecule has 7 heteroatoms. The van der Waals surface area contributed by atoms with E-state index in [9.17, 15) is 14.4 Å². The average Bonchev–Trinajstić information content (AvgIpc) is 3.14. The van der Waals surface area contributed by atoms with Gasteiger partial charge in [-0.1, -0.05) is 18.6 Å². The second-order valence-corrected chi connectivity index (χ2v) is 8.93. The molecule has 7 nitrogen and oxygen atoms in total. The van der Waals surface area contributed by atoms with E-state index in [-0.39, 0.29) is 30.9 Å². The number of nitrogens with zero attached hydrogens (tertiary/aromatic N) is 2. The van der Waals surface area contributed by atoms with E-state index < -0.39 is 11.4 Å². The van der Waals surface area contributed by atoms with Crippen LogP contribution in [0.15, 0.2) is 29.1 Å². The van der Waals surface area contributed by atoms with Gasteiger partial charge < -0.3 is 15.0 Å². The van der Waals surface area contributed by atoms with Gasteiger partial charge in [-0.2, -0.15) is 0 Å². The summed E-state index contributed by atoms with van der Waals surface area (Å²) in [5.74, 6) is -0.767. The Labute approximate surface area is 185 Å². The molecule has 0 amide bonds. The Morgan fingerprint density at radius 2 is 2.03 bits per heavy atom. The highest BCUT2D eigenvalue weighted by atomic mass is 16.5. The van der Waals surface area contributed by atoms with Gasteiger partial charge in [0.25, 0.3) is 5.56 Å². The number of aromatic nitrogens is 2. The van der Waals surface area contributed by atoms with Gasteiger partial charge in [0.15, 0.2) is 0 Å². The van der Waals surface area contributed by atoms with Gasteiger partial charge in [0.05, 0.1) is 41.0 Å². The molecule has 3 aromatic rings. The zero-order valence-corrected chi connectivity index (χ0v) is 18.4. The van der Waals surface area contributed by atoms with E-state index >= 15 is 0 Å². The van der Waals surface area contributed by atoms with Crippen molar-refractivity contribution < 1.29 is 14.3 Å². The number of Topliss-reactive ketones (excluding diaryl/α,β-unsaturated/α-hetero) is 1. The van der Waals surface area contributed by atoms with Crippen LogP contribution in [0.4, 0.5) is 0 Å². The first-order chi connectivity index (χ1) is 15.3. The Balaban J connectivity index is 1.78. The van der Waals surface area contributed by atoms with Gasteiger partial charge in [-0.25, -0.2) is 4.98 Å². The molecule has 1 aromatic carbocycles. The van der Waals surface area contributed by atoms with E-state index in [0.29, 0.717) is 23.4 Å². The van der Waals surface area contributed by atoms with Crippen LogP contribution in [0.1, 0.15) is 48.1 Å². The molecule has 1 unspecified atom stereocenters. The van der Waals surface area contributed by atoms with E-state index in [0.717, 1.165) is 34.1 Å². The molecule has 32 heavy (non-hydrogen) atoms. The minimum absolute atomic E-state index is 0.0920. The number of benzene rings is 1. The van der Waals surface area contributed by atoms with Crippen LogP contribution < -0.4 is 11.3 Å². The van der Waals surface area contributed by atoms with Gasteiger partial charge in [-0.3, -0.25) is 14.4 Å². The first-order valence-electron chi connectivity index (χ1n) is 10.9. The number of ketones is 1. The number of rotatable bonds is 4. The van der Waals surface area contributed by atoms with E-state index in [1.165, 1.54) is 5.56 Å². The Hall–Kier alpha value is -3.32. The zero-order valence-electron chi connectivity index (χ0n) is 18.4. The lowest BCUT2D eigenvalue weighted by Crippen LogP contribution is -2.44. The summed E-state index contributed by atoms with van der Waals surface area (Å²) in [5, 5.41) is 1.11. The first-order valence-corrected chi connectivity index (χ1v) is 10.9. The highest BCUT2D eigenvalue weighted by Gasteiger charge is 2.45. The predicted octanol–water partition coefficient (Wildman–Crippen LogP) is 2.53. The van der Waals surface area contributed by atoms with Crippen LogP contribution in [-0.2, 0) is 39.3 Å². The lowest BCUT2D eigenvalue weighted by atomic mass is 9.75. The highest BCUT2D eigenvalue weighted by Crippen LogP contribution is 2.41. The monoisotopic (exact) mass is 431 g/mol. The van der Waals surface area contributed by atoms with Crippen molar-refractivity contribution in [3.8, 4) is 11.4 Å². The van der Waals surface area contributed by atoms with Crippen molar-refractivity contribution in [1.82, 2.24) is 9.55 Å². The smallest absolute Gasteiger partial charge is 0.317 e. The number of carbonyl (C=O) groups excluding carboxylic acids is 2. The second-order valence-electron chi connectivity index (χ2n) is 8.93. The number of aryl methyl sites for hydroxylation is 2. The minimum atomic E-state index is -1.25.